The van der Waals surface area contributed by atoms with Gasteiger partial charge in [0.1, 0.15) is 0 Å². The third-order valence-corrected chi connectivity index (χ3v) is 6.55. The summed E-state index contributed by atoms with van der Waals surface area (Å²) in [6.07, 6.45) is 7.12. The molecule has 2 heterocycles. The van der Waals surface area contributed by atoms with E-state index in [4.69, 9.17) is 0 Å². The van der Waals surface area contributed by atoms with Crippen LogP contribution in [0.15, 0.2) is 42.7 Å². The van der Waals surface area contributed by atoms with E-state index in [0.29, 0.717) is 30.8 Å². The normalized spacial score (nSPS) is 16.1. The predicted molar refractivity (Wildman–Crippen MR) is 107 cm³/mol. The minimum Gasteiger partial charge on any atom is -0.326 e. The van der Waals surface area contributed by atoms with E-state index in [1.165, 1.54) is 4.31 Å². The summed E-state index contributed by atoms with van der Waals surface area (Å²) in [5.74, 6) is 0.152. The molecular formula is C20H25N3O3S. The maximum atomic E-state index is 12.3. The molecule has 1 saturated heterocycles. The summed E-state index contributed by atoms with van der Waals surface area (Å²) in [6, 6.07) is 9.28. The quantitative estimate of drug-likeness (QED) is 0.825. The summed E-state index contributed by atoms with van der Waals surface area (Å²) in [6.45, 7) is 2.39. The average Bonchev–Trinajstić information content (AvgIpc) is 2.63. The van der Waals surface area contributed by atoms with Crippen molar-refractivity contribution >= 4 is 27.3 Å². The van der Waals surface area contributed by atoms with Gasteiger partial charge >= 0.3 is 0 Å². The Morgan fingerprint density at radius 2 is 2.11 bits per heavy atom. The van der Waals surface area contributed by atoms with Crippen LogP contribution in [0.25, 0.3) is 0 Å². The fourth-order valence-corrected chi connectivity index (χ4v) is 5.00. The molecular weight excluding hydrogens is 362 g/mol. The molecule has 2 aromatic rings. The van der Waals surface area contributed by atoms with Crippen LogP contribution in [0.3, 0.4) is 0 Å². The number of anilines is 2. The second kappa shape index (κ2) is 8.52. The zero-order valence-electron chi connectivity index (χ0n) is 15.5. The van der Waals surface area contributed by atoms with Crippen molar-refractivity contribution in [2.45, 2.75) is 39.0 Å². The van der Waals surface area contributed by atoms with Gasteiger partial charge in [0.15, 0.2) is 0 Å². The third-order valence-electron chi connectivity index (χ3n) is 4.69. The van der Waals surface area contributed by atoms with Crippen molar-refractivity contribution in [3.8, 4) is 0 Å². The average molecular weight is 388 g/mol. The van der Waals surface area contributed by atoms with Crippen LogP contribution in [0, 0.1) is 6.92 Å². The van der Waals surface area contributed by atoms with E-state index in [-0.39, 0.29) is 11.7 Å². The Labute approximate surface area is 160 Å². The minimum absolute atomic E-state index is 0.0448. The molecule has 27 heavy (non-hydrogen) atoms. The first-order valence-corrected chi connectivity index (χ1v) is 10.9. The van der Waals surface area contributed by atoms with Crippen LogP contribution in [0.4, 0.5) is 11.4 Å². The molecule has 7 heteroatoms. The molecule has 1 aliphatic rings. The Hall–Kier alpha value is -2.41. The second-order valence-corrected chi connectivity index (χ2v) is 8.87. The number of benzene rings is 1. The number of rotatable bonds is 6. The van der Waals surface area contributed by atoms with Crippen LogP contribution < -0.4 is 9.62 Å². The third kappa shape index (κ3) is 5.07. The standard InChI is InChI=1S/C20H25N3O3S/c1-16-14-18(9-10-19(16)23-12-2-3-13-27(23,25)26)22-20(24)8-4-6-17-7-5-11-21-15-17/h5,7,9-11,14-15H,2-4,6,8,12-13H2,1H3,(H,22,24). The van der Waals surface area contributed by atoms with Gasteiger partial charge in [-0.25, -0.2) is 8.42 Å². The molecule has 1 fully saturated rings. The van der Waals surface area contributed by atoms with Crippen LogP contribution >= 0.6 is 0 Å². The lowest BCUT2D eigenvalue weighted by atomic mass is 10.1. The molecule has 1 amide bonds. The van der Waals surface area contributed by atoms with Crippen molar-refractivity contribution in [3.05, 3.63) is 53.9 Å². The molecule has 0 saturated carbocycles. The predicted octanol–water partition coefficient (Wildman–Crippen LogP) is 3.28. The van der Waals surface area contributed by atoms with Crippen molar-refractivity contribution < 1.29 is 13.2 Å². The highest BCUT2D eigenvalue weighted by atomic mass is 32.2. The number of nitrogens with zero attached hydrogens (tertiary/aromatic N) is 2. The van der Waals surface area contributed by atoms with E-state index in [0.717, 1.165) is 30.4 Å². The Morgan fingerprint density at radius 1 is 1.26 bits per heavy atom. The Kier molecular flexibility index (Phi) is 6.11. The van der Waals surface area contributed by atoms with Crippen molar-refractivity contribution in [2.75, 3.05) is 21.9 Å². The number of carbonyl (C=O) groups excluding carboxylic acids is 1. The van der Waals surface area contributed by atoms with Gasteiger partial charge in [-0.15, -0.1) is 0 Å². The summed E-state index contributed by atoms with van der Waals surface area (Å²) in [5, 5.41) is 2.90. The monoisotopic (exact) mass is 387 g/mol. The van der Waals surface area contributed by atoms with Gasteiger partial charge in [-0.1, -0.05) is 6.07 Å². The number of hydrogen-bond acceptors (Lipinski definition) is 4. The summed E-state index contributed by atoms with van der Waals surface area (Å²) >= 11 is 0. The van der Waals surface area contributed by atoms with Gasteiger partial charge in [0, 0.05) is 31.0 Å². The van der Waals surface area contributed by atoms with E-state index in [2.05, 4.69) is 10.3 Å². The highest BCUT2D eigenvalue weighted by molar-refractivity contribution is 7.92. The molecule has 0 bridgehead atoms. The fourth-order valence-electron chi connectivity index (χ4n) is 3.30. The van der Waals surface area contributed by atoms with E-state index in [9.17, 15) is 13.2 Å². The molecule has 0 spiro atoms. The van der Waals surface area contributed by atoms with Gasteiger partial charge in [0.05, 0.1) is 11.4 Å². The molecule has 6 nitrogen and oxygen atoms in total. The number of aryl methyl sites for hydroxylation is 2. The van der Waals surface area contributed by atoms with Gasteiger partial charge in [0.25, 0.3) is 0 Å². The lowest BCUT2D eigenvalue weighted by Crippen LogP contribution is -2.38. The fraction of sp³-hybridized carbons (Fsp3) is 0.400. The smallest absolute Gasteiger partial charge is 0.235 e. The summed E-state index contributed by atoms with van der Waals surface area (Å²) in [4.78, 5) is 16.2. The Bertz CT molecular complexity index is 898. The molecule has 144 valence electrons. The van der Waals surface area contributed by atoms with Crippen LogP contribution in [0.2, 0.25) is 0 Å². The largest absolute Gasteiger partial charge is 0.326 e. The first-order chi connectivity index (χ1) is 13.0. The Balaban J connectivity index is 1.58. The van der Waals surface area contributed by atoms with E-state index in [1.807, 2.05) is 31.3 Å². The van der Waals surface area contributed by atoms with Crippen LogP contribution in [0.1, 0.15) is 36.8 Å². The maximum Gasteiger partial charge on any atom is 0.235 e. The number of sulfonamides is 1. The molecule has 0 unspecified atom stereocenters. The number of pyridine rings is 1. The van der Waals surface area contributed by atoms with Gasteiger partial charge in [-0.2, -0.15) is 0 Å². The van der Waals surface area contributed by atoms with Crippen molar-refractivity contribution in [1.29, 1.82) is 0 Å². The number of aromatic nitrogens is 1. The van der Waals surface area contributed by atoms with Gasteiger partial charge in [-0.3, -0.25) is 14.1 Å². The summed E-state index contributed by atoms with van der Waals surface area (Å²) < 4.78 is 26.1. The minimum atomic E-state index is -3.23. The molecule has 0 radical (unpaired) electrons. The number of hydrogen-bond donors (Lipinski definition) is 1. The molecule has 3 rings (SSSR count). The highest BCUT2D eigenvalue weighted by Gasteiger charge is 2.27. The summed E-state index contributed by atoms with van der Waals surface area (Å²) in [5.41, 5.74) is 3.35. The molecule has 1 aromatic heterocycles. The molecule has 1 aromatic carbocycles. The SMILES string of the molecule is Cc1cc(NC(=O)CCCc2cccnc2)ccc1N1CCCCS1(=O)=O. The lowest BCUT2D eigenvalue weighted by Gasteiger charge is -2.29. The van der Waals surface area contributed by atoms with E-state index >= 15 is 0 Å². The molecule has 0 atom stereocenters. The van der Waals surface area contributed by atoms with Crippen LogP contribution in [0.5, 0.6) is 0 Å². The molecule has 1 N–H and O–H groups in total. The Morgan fingerprint density at radius 3 is 2.81 bits per heavy atom. The first kappa shape index (κ1) is 19.4. The van der Waals surface area contributed by atoms with E-state index in [1.54, 1.807) is 18.3 Å². The lowest BCUT2D eigenvalue weighted by molar-refractivity contribution is -0.116. The second-order valence-electron chi connectivity index (χ2n) is 6.86. The first-order valence-electron chi connectivity index (χ1n) is 9.25. The topological polar surface area (TPSA) is 79.4 Å². The van der Waals surface area contributed by atoms with Crippen LogP contribution in [-0.2, 0) is 21.2 Å². The summed E-state index contributed by atoms with van der Waals surface area (Å²) in [7, 11) is -3.23. The van der Waals surface area contributed by atoms with E-state index < -0.39 is 10.0 Å². The van der Waals surface area contributed by atoms with Crippen molar-refractivity contribution in [3.63, 3.8) is 0 Å². The number of amides is 1. The molecule has 1 aliphatic heterocycles. The van der Waals surface area contributed by atoms with Gasteiger partial charge in [-0.05, 0) is 68.0 Å². The highest BCUT2D eigenvalue weighted by Crippen LogP contribution is 2.29. The van der Waals surface area contributed by atoms with Gasteiger partial charge in [0.2, 0.25) is 15.9 Å². The molecule has 0 aliphatic carbocycles. The number of nitrogens with one attached hydrogen (secondary N) is 1. The van der Waals surface area contributed by atoms with Crippen LogP contribution in [-0.4, -0.2) is 31.6 Å². The van der Waals surface area contributed by atoms with Gasteiger partial charge < -0.3 is 5.32 Å². The van der Waals surface area contributed by atoms with Crippen molar-refractivity contribution in [1.82, 2.24) is 4.98 Å². The zero-order chi connectivity index (χ0) is 19.3. The maximum absolute atomic E-state index is 12.3. The van der Waals surface area contributed by atoms with Crippen molar-refractivity contribution in [2.24, 2.45) is 0 Å². The zero-order valence-corrected chi connectivity index (χ0v) is 16.3. The number of carbonyl (C=O) groups is 1.